The fourth-order valence-corrected chi connectivity index (χ4v) is 7.88. The maximum atomic E-state index is 12.0. The summed E-state index contributed by atoms with van der Waals surface area (Å²) in [7, 11) is 2.49. The Morgan fingerprint density at radius 1 is 1.24 bits per heavy atom. The van der Waals surface area contributed by atoms with Crippen LogP contribution in [0.25, 0.3) is 22.5 Å². The van der Waals surface area contributed by atoms with Gasteiger partial charge in [-0.1, -0.05) is 49.1 Å². The van der Waals surface area contributed by atoms with Gasteiger partial charge in [-0.05, 0) is 60.6 Å². The van der Waals surface area contributed by atoms with E-state index in [1.54, 1.807) is 7.05 Å². The van der Waals surface area contributed by atoms with Gasteiger partial charge in [-0.15, -0.1) is 0 Å². The summed E-state index contributed by atoms with van der Waals surface area (Å²) < 4.78 is 26.8. The van der Waals surface area contributed by atoms with E-state index in [4.69, 9.17) is 9.97 Å². The molecule has 1 spiro atoms. The zero-order chi connectivity index (χ0) is 29.5. The highest BCUT2D eigenvalue weighted by atomic mass is 32.2. The van der Waals surface area contributed by atoms with Gasteiger partial charge in [-0.25, -0.2) is 23.1 Å². The number of aromatic nitrogens is 2. The number of hydrogen-bond acceptors (Lipinski definition) is 7. The van der Waals surface area contributed by atoms with E-state index < -0.39 is 10.0 Å². The fraction of sp³-hybridized carbons (Fsp3) is 0.406. The van der Waals surface area contributed by atoms with Crippen LogP contribution in [-0.2, 0) is 10.0 Å². The molecule has 0 bridgehead atoms. The Bertz CT molecular complexity index is 1570. The molecule has 216 valence electrons. The summed E-state index contributed by atoms with van der Waals surface area (Å²) in [6.45, 7) is 10.0. The largest absolute Gasteiger partial charge is 0.383 e. The second-order valence-electron chi connectivity index (χ2n) is 11.8. The third-order valence-electron chi connectivity index (χ3n) is 8.78. The van der Waals surface area contributed by atoms with Crippen LogP contribution in [0.1, 0.15) is 37.3 Å². The number of hydrogen-bond donors (Lipinski definition) is 2. The molecule has 8 nitrogen and oxygen atoms in total. The highest BCUT2D eigenvalue weighted by Gasteiger charge is 2.76. The van der Waals surface area contributed by atoms with Crippen molar-refractivity contribution >= 4 is 33.2 Å². The number of nitrogens with one attached hydrogen (secondary N) is 2. The third kappa shape index (κ3) is 5.40. The van der Waals surface area contributed by atoms with Gasteiger partial charge in [0.25, 0.3) is 0 Å². The normalized spacial score (nSPS) is 27.1. The molecule has 0 saturated heterocycles. The average molecular weight is 573 g/mol. The highest BCUT2D eigenvalue weighted by molar-refractivity contribution is 7.88. The first kappa shape index (κ1) is 29.0. The number of nitrogens with zero attached hydrogens (tertiary/aromatic N) is 4. The van der Waals surface area contributed by atoms with Crippen molar-refractivity contribution in [2.45, 2.75) is 38.3 Å². The van der Waals surface area contributed by atoms with Crippen LogP contribution in [0, 0.1) is 17.3 Å². The zero-order valence-electron chi connectivity index (χ0n) is 24.6. The zero-order valence-corrected chi connectivity index (χ0v) is 25.4. The maximum Gasteiger partial charge on any atom is 0.208 e. The van der Waals surface area contributed by atoms with E-state index >= 15 is 0 Å². The van der Waals surface area contributed by atoms with Crippen molar-refractivity contribution in [3.05, 3.63) is 78.7 Å². The summed E-state index contributed by atoms with van der Waals surface area (Å²) >= 11 is 0. The van der Waals surface area contributed by atoms with Crippen LogP contribution < -0.4 is 10.0 Å². The van der Waals surface area contributed by atoms with E-state index in [0.717, 1.165) is 58.5 Å². The van der Waals surface area contributed by atoms with Crippen LogP contribution in [0.3, 0.4) is 0 Å². The fourth-order valence-electron chi connectivity index (χ4n) is 7.05. The van der Waals surface area contributed by atoms with Gasteiger partial charge in [0.15, 0.2) is 5.82 Å². The summed E-state index contributed by atoms with van der Waals surface area (Å²) in [4.78, 5) is 16.2. The topological polar surface area (TPSA) is 99.6 Å². The molecular weight excluding hydrogens is 532 g/mol. The lowest BCUT2D eigenvalue weighted by Crippen LogP contribution is -2.82. The van der Waals surface area contributed by atoms with Gasteiger partial charge in [-0.3, -0.25) is 4.99 Å². The van der Waals surface area contributed by atoms with E-state index in [-0.39, 0.29) is 17.5 Å². The van der Waals surface area contributed by atoms with Gasteiger partial charge in [0.2, 0.25) is 10.0 Å². The predicted molar refractivity (Wildman–Crippen MR) is 169 cm³/mol. The molecular formula is C32H40N6O2S. The first-order chi connectivity index (χ1) is 19.5. The van der Waals surface area contributed by atoms with E-state index in [1.165, 1.54) is 6.26 Å². The summed E-state index contributed by atoms with van der Waals surface area (Å²) in [5.74, 6) is 2.20. The minimum Gasteiger partial charge on any atom is -0.383 e. The summed E-state index contributed by atoms with van der Waals surface area (Å²) in [6.07, 6.45) is 13.8. The van der Waals surface area contributed by atoms with Gasteiger partial charge in [0.05, 0.1) is 6.26 Å². The average Bonchev–Trinajstić information content (AvgIpc) is 2.87. The Hall–Kier alpha value is -3.56. The predicted octanol–water partition coefficient (Wildman–Crippen LogP) is 5.02. The summed E-state index contributed by atoms with van der Waals surface area (Å²) in [5.41, 5.74) is 5.68. The van der Waals surface area contributed by atoms with E-state index in [9.17, 15) is 8.42 Å². The minimum atomic E-state index is -3.24. The number of rotatable bonds is 11. The first-order valence-electron chi connectivity index (χ1n) is 14.0. The highest BCUT2D eigenvalue weighted by Crippen LogP contribution is 2.74. The molecule has 2 N–H and O–H groups in total. The van der Waals surface area contributed by atoms with Gasteiger partial charge >= 0.3 is 0 Å². The van der Waals surface area contributed by atoms with Crippen LogP contribution in [0.2, 0.25) is 0 Å². The van der Waals surface area contributed by atoms with Gasteiger partial charge < -0.3 is 10.2 Å². The second-order valence-corrected chi connectivity index (χ2v) is 13.6. The Labute approximate surface area is 244 Å². The quantitative estimate of drug-likeness (QED) is 0.290. The molecule has 1 aromatic heterocycles. The van der Waals surface area contributed by atoms with Crippen molar-refractivity contribution in [2.24, 2.45) is 22.2 Å². The molecule has 1 heterocycles. The molecule has 5 rings (SSSR count). The maximum absolute atomic E-state index is 12.0. The molecule has 0 aliphatic heterocycles. The molecule has 5 atom stereocenters. The van der Waals surface area contributed by atoms with E-state index in [1.807, 2.05) is 68.8 Å². The molecule has 0 amide bonds. The number of aliphatic imine (C=N–C) groups is 1. The number of benzene rings is 1. The Morgan fingerprint density at radius 3 is 2.61 bits per heavy atom. The molecule has 0 radical (unpaired) electrons. The van der Waals surface area contributed by atoms with Crippen LogP contribution in [0.15, 0.2) is 72.5 Å². The van der Waals surface area contributed by atoms with Crippen LogP contribution in [-0.4, -0.2) is 69.0 Å². The molecule has 3 saturated carbocycles. The Balaban J connectivity index is 1.51. The molecule has 2 aromatic rings. The van der Waals surface area contributed by atoms with Crippen LogP contribution in [0.5, 0.6) is 0 Å². The van der Waals surface area contributed by atoms with Crippen molar-refractivity contribution in [3.63, 3.8) is 0 Å². The molecule has 3 aliphatic carbocycles. The lowest BCUT2D eigenvalue weighted by atomic mass is 9.29. The van der Waals surface area contributed by atoms with E-state index in [0.29, 0.717) is 17.7 Å². The molecule has 9 heteroatoms. The van der Waals surface area contributed by atoms with Gasteiger partial charge in [0.1, 0.15) is 5.82 Å². The van der Waals surface area contributed by atoms with Crippen molar-refractivity contribution in [2.75, 3.05) is 32.7 Å². The SMILES string of the molecule is C=C/C(=C\N(C)C)c1cccc(-c2ncc(C(/C=N\C)=C/C(=C)C)c(NC3C4CCC45C(NS(C)(=O)=O)CC35)n2)c1. The van der Waals surface area contributed by atoms with Crippen molar-refractivity contribution in [3.8, 4) is 11.4 Å². The molecule has 3 fully saturated rings. The number of allylic oxidation sites excluding steroid dienone is 5. The molecule has 1 aromatic carbocycles. The summed E-state index contributed by atoms with van der Waals surface area (Å²) in [5, 5.41) is 3.79. The first-order valence-corrected chi connectivity index (χ1v) is 15.9. The summed E-state index contributed by atoms with van der Waals surface area (Å²) in [6, 6.07) is 8.43. The molecule has 41 heavy (non-hydrogen) atoms. The second kappa shape index (κ2) is 11.0. The monoisotopic (exact) mass is 572 g/mol. The van der Waals surface area contributed by atoms with Gasteiger partial charge in [0, 0.05) is 68.5 Å². The van der Waals surface area contributed by atoms with Gasteiger partial charge in [-0.2, -0.15) is 0 Å². The number of anilines is 1. The van der Waals surface area contributed by atoms with Crippen molar-refractivity contribution < 1.29 is 8.42 Å². The Kier molecular flexibility index (Phi) is 7.78. The minimum absolute atomic E-state index is 0.0304. The van der Waals surface area contributed by atoms with Crippen molar-refractivity contribution in [1.82, 2.24) is 19.6 Å². The standard InChI is InChI=1S/C32H40N6O2S/c1-8-21(19-38(5)6)22-10-9-11-23(15-22)30-34-18-25(24(17-33-4)14-20(2)3)31(36-30)35-29-26-12-13-32(26)27(29)16-28(32)37-41(7,39)40/h8-11,14-15,17-19,26-29,37H,1-2,12-13,16H2,3-7H3,(H,34,35,36)/b21-19+,24-14+,33-17-. The lowest BCUT2D eigenvalue weighted by Gasteiger charge is -2.78. The number of sulfonamides is 1. The molecule has 3 aliphatic rings. The Morgan fingerprint density at radius 2 is 2.02 bits per heavy atom. The van der Waals surface area contributed by atoms with Crippen LogP contribution >= 0.6 is 0 Å². The molecule has 5 unspecified atom stereocenters. The third-order valence-corrected chi connectivity index (χ3v) is 9.49. The van der Waals surface area contributed by atoms with Crippen LogP contribution in [0.4, 0.5) is 5.82 Å². The lowest BCUT2D eigenvalue weighted by molar-refractivity contribution is -0.243. The van der Waals surface area contributed by atoms with E-state index in [2.05, 4.69) is 40.3 Å². The van der Waals surface area contributed by atoms with Crippen molar-refractivity contribution in [1.29, 1.82) is 0 Å². The smallest absolute Gasteiger partial charge is 0.208 e.